The molecular weight excluding hydrogens is 296 g/mol. The van der Waals surface area contributed by atoms with E-state index in [2.05, 4.69) is 17.5 Å². The summed E-state index contributed by atoms with van der Waals surface area (Å²) >= 11 is 1.69. The van der Waals surface area contributed by atoms with Crippen molar-refractivity contribution in [3.05, 3.63) is 52.9 Å². The molecule has 3 nitrogen and oxygen atoms in total. The fraction of sp³-hybridized carbons (Fsp3) is 0.111. The number of methoxy groups -OCH3 is 2. The van der Waals surface area contributed by atoms with Gasteiger partial charge in [-0.25, -0.2) is 0 Å². The third-order valence-corrected chi connectivity index (χ3v) is 4.31. The van der Waals surface area contributed by atoms with Gasteiger partial charge in [0.1, 0.15) is 5.75 Å². The monoisotopic (exact) mass is 312 g/mol. The van der Waals surface area contributed by atoms with Gasteiger partial charge in [-0.1, -0.05) is 18.2 Å². The summed E-state index contributed by atoms with van der Waals surface area (Å²) in [7, 11) is 3.22. The van der Waals surface area contributed by atoms with Gasteiger partial charge >= 0.3 is 0 Å². The van der Waals surface area contributed by atoms with Crippen molar-refractivity contribution in [2.24, 2.45) is 0 Å². The number of fused-ring (bicyclic) bond motifs is 1. The Morgan fingerprint density at radius 2 is 1.68 bits per heavy atom. The van der Waals surface area contributed by atoms with Crippen molar-refractivity contribution in [3.63, 3.8) is 0 Å². The second-order valence-electron chi connectivity index (χ2n) is 4.82. The van der Waals surface area contributed by atoms with E-state index in [1.165, 1.54) is 11.8 Å². The Bertz CT molecular complexity index is 833. The number of phenolic OH excluding ortho intramolecular Hbond substituents is 1. The molecule has 0 amide bonds. The lowest BCUT2D eigenvalue weighted by Crippen LogP contribution is -1.85. The van der Waals surface area contributed by atoms with Gasteiger partial charge in [-0.3, -0.25) is 0 Å². The third-order valence-electron chi connectivity index (χ3n) is 3.45. The molecule has 3 rings (SSSR count). The Morgan fingerprint density at radius 3 is 2.41 bits per heavy atom. The normalized spacial score (nSPS) is 11.2. The second kappa shape index (κ2) is 6.12. The van der Waals surface area contributed by atoms with Gasteiger partial charge in [0.05, 0.1) is 14.2 Å². The molecule has 0 atom stereocenters. The predicted octanol–water partition coefficient (Wildman–Crippen LogP) is 4.79. The van der Waals surface area contributed by atoms with Crippen LogP contribution in [0.3, 0.4) is 0 Å². The minimum atomic E-state index is 0.135. The Kier molecular flexibility index (Phi) is 4.02. The highest BCUT2D eigenvalue weighted by Crippen LogP contribution is 2.32. The van der Waals surface area contributed by atoms with E-state index < -0.39 is 0 Å². The summed E-state index contributed by atoms with van der Waals surface area (Å²) in [5, 5.41) is 13.0. The summed E-state index contributed by atoms with van der Waals surface area (Å²) in [5.41, 5.74) is 1.96. The standard InChI is InChI=1S/C18H16O3S/c1-20-16-6-5-12(9-15(16)19)3-4-13-10-17(21-2)14-7-8-22-18(14)11-13/h3-11,19H,1-2H3/b4-3-. The molecule has 1 N–H and O–H groups in total. The zero-order valence-corrected chi connectivity index (χ0v) is 13.2. The summed E-state index contributed by atoms with van der Waals surface area (Å²) in [4.78, 5) is 0. The van der Waals surface area contributed by atoms with Gasteiger partial charge in [-0.2, -0.15) is 0 Å². The van der Waals surface area contributed by atoms with Crippen LogP contribution in [0.5, 0.6) is 17.2 Å². The van der Waals surface area contributed by atoms with E-state index in [1.807, 2.05) is 24.3 Å². The first-order valence-corrected chi connectivity index (χ1v) is 7.69. The van der Waals surface area contributed by atoms with Gasteiger partial charge in [0, 0.05) is 10.1 Å². The average Bonchev–Trinajstić information content (AvgIpc) is 3.00. The van der Waals surface area contributed by atoms with Crippen LogP contribution < -0.4 is 9.47 Å². The van der Waals surface area contributed by atoms with Crippen molar-refractivity contribution < 1.29 is 14.6 Å². The van der Waals surface area contributed by atoms with E-state index in [-0.39, 0.29) is 5.75 Å². The van der Waals surface area contributed by atoms with Gasteiger partial charge in [-0.15, -0.1) is 11.3 Å². The fourth-order valence-electron chi connectivity index (χ4n) is 2.33. The predicted molar refractivity (Wildman–Crippen MR) is 92.0 cm³/mol. The fourth-order valence-corrected chi connectivity index (χ4v) is 3.18. The van der Waals surface area contributed by atoms with Gasteiger partial charge < -0.3 is 14.6 Å². The van der Waals surface area contributed by atoms with Crippen LogP contribution in [-0.4, -0.2) is 19.3 Å². The quantitative estimate of drug-likeness (QED) is 0.704. The molecule has 0 saturated heterocycles. The second-order valence-corrected chi connectivity index (χ2v) is 5.77. The average molecular weight is 312 g/mol. The highest BCUT2D eigenvalue weighted by molar-refractivity contribution is 7.17. The molecular formula is C18H16O3S. The minimum Gasteiger partial charge on any atom is -0.504 e. The van der Waals surface area contributed by atoms with Gasteiger partial charge in [0.25, 0.3) is 0 Å². The van der Waals surface area contributed by atoms with Crippen LogP contribution in [0.15, 0.2) is 41.8 Å². The molecule has 4 heteroatoms. The maximum absolute atomic E-state index is 9.81. The number of ether oxygens (including phenoxy) is 2. The Hall–Kier alpha value is -2.46. The molecule has 2 aromatic carbocycles. The lowest BCUT2D eigenvalue weighted by Gasteiger charge is -2.05. The zero-order valence-electron chi connectivity index (χ0n) is 12.4. The van der Waals surface area contributed by atoms with Crippen LogP contribution in [-0.2, 0) is 0 Å². The van der Waals surface area contributed by atoms with Crippen molar-refractivity contribution >= 4 is 33.6 Å². The van der Waals surface area contributed by atoms with E-state index in [0.29, 0.717) is 5.75 Å². The Morgan fingerprint density at radius 1 is 0.909 bits per heavy atom. The van der Waals surface area contributed by atoms with Crippen LogP contribution >= 0.6 is 11.3 Å². The lowest BCUT2D eigenvalue weighted by atomic mass is 10.1. The Labute approximate surface area is 133 Å². The number of thiophene rings is 1. The SMILES string of the molecule is COc1ccc(/C=C\c2cc(OC)c3ccsc3c2)cc1O. The van der Waals surface area contributed by atoms with E-state index in [1.54, 1.807) is 30.6 Å². The van der Waals surface area contributed by atoms with Crippen molar-refractivity contribution in [1.82, 2.24) is 0 Å². The molecule has 0 saturated carbocycles. The van der Waals surface area contributed by atoms with E-state index in [0.717, 1.165) is 22.3 Å². The molecule has 0 fully saturated rings. The van der Waals surface area contributed by atoms with Crippen LogP contribution in [0, 0.1) is 0 Å². The summed E-state index contributed by atoms with van der Waals surface area (Å²) in [6.07, 6.45) is 3.95. The highest BCUT2D eigenvalue weighted by Gasteiger charge is 2.04. The molecule has 0 aliphatic carbocycles. The van der Waals surface area contributed by atoms with Crippen LogP contribution in [0.1, 0.15) is 11.1 Å². The number of aromatic hydroxyl groups is 1. The molecule has 0 radical (unpaired) electrons. The van der Waals surface area contributed by atoms with Crippen LogP contribution in [0.2, 0.25) is 0 Å². The summed E-state index contributed by atoms with van der Waals surface area (Å²) in [6, 6.07) is 11.5. The smallest absolute Gasteiger partial charge is 0.160 e. The summed E-state index contributed by atoms with van der Waals surface area (Å²) < 4.78 is 11.7. The highest BCUT2D eigenvalue weighted by atomic mass is 32.1. The topological polar surface area (TPSA) is 38.7 Å². The van der Waals surface area contributed by atoms with Gasteiger partial charge in [0.2, 0.25) is 0 Å². The number of rotatable bonds is 4. The van der Waals surface area contributed by atoms with E-state index in [4.69, 9.17) is 9.47 Å². The van der Waals surface area contributed by atoms with Crippen molar-refractivity contribution in [3.8, 4) is 17.2 Å². The first-order chi connectivity index (χ1) is 10.7. The van der Waals surface area contributed by atoms with Crippen LogP contribution in [0.4, 0.5) is 0 Å². The summed E-state index contributed by atoms with van der Waals surface area (Å²) in [6.45, 7) is 0. The van der Waals surface area contributed by atoms with Crippen molar-refractivity contribution in [2.45, 2.75) is 0 Å². The zero-order chi connectivity index (χ0) is 15.5. The number of benzene rings is 2. The van der Waals surface area contributed by atoms with Crippen molar-refractivity contribution in [2.75, 3.05) is 14.2 Å². The number of hydrogen-bond donors (Lipinski definition) is 1. The maximum Gasteiger partial charge on any atom is 0.160 e. The lowest BCUT2D eigenvalue weighted by molar-refractivity contribution is 0.373. The molecule has 0 spiro atoms. The van der Waals surface area contributed by atoms with Crippen LogP contribution in [0.25, 0.3) is 22.2 Å². The molecule has 0 bridgehead atoms. The Balaban J connectivity index is 1.93. The molecule has 0 aliphatic heterocycles. The first kappa shape index (κ1) is 14.5. The third kappa shape index (κ3) is 2.78. The van der Waals surface area contributed by atoms with Crippen molar-refractivity contribution in [1.29, 1.82) is 0 Å². The molecule has 1 heterocycles. The van der Waals surface area contributed by atoms with Gasteiger partial charge in [0.15, 0.2) is 11.5 Å². The van der Waals surface area contributed by atoms with E-state index in [9.17, 15) is 5.11 Å². The summed E-state index contributed by atoms with van der Waals surface area (Å²) in [5.74, 6) is 1.48. The first-order valence-electron chi connectivity index (χ1n) is 6.81. The van der Waals surface area contributed by atoms with E-state index >= 15 is 0 Å². The molecule has 3 aromatic rings. The molecule has 22 heavy (non-hydrogen) atoms. The number of phenols is 1. The molecule has 0 aliphatic rings. The molecule has 1 aromatic heterocycles. The maximum atomic E-state index is 9.81. The molecule has 0 unspecified atom stereocenters. The molecule has 112 valence electrons. The largest absolute Gasteiger partial charge is 0.504 e. The number of hydrogen-bond acceptors (Lipinski definition) is 4. The minimum absolute atomic E-state index is 0.135. The van der Waals surface area contributed by atoms with Gasteiger partial charge in [-0.05, 0) is 46.8 Å².